The van der Waals surface area contributed by atoms with E-state index >= 15 is 0 Å². The van der Waals surface area contributed by atoms with Crippen LogP contribution in [0.15, 0.2) is 23.2 Å². The molecule has 8 heteroatoms. The highest BCUT2D eigenvalue weighted by atomic mass is 35.5. The number of carbonyl (C=O) groups is 1. The van der Waals surface area contributed by atoms with Gasteiger partial charge >= 0.3 is 0 Å². The number of benzene rings is 1. The standard InChI is InChI=1S/C16H19ClN6O/c1-8-9(2)22-14(10(3)21-8)7-20-13-5-4-11(17)6-12(13)15(24)23-16(18)19/h4-6,20H,7H2,1-3H3,(H4,18,19,23,24). The van der Waals surface area contributed by atoms with Gasteiger partial charge in [-0.1, -0.05) is 11.6 Å². The number of nitrogens with one attached hydrogen (secondary N) is 1. The lowest BCUT2D eigenvalue weighted by Gasteiger charge is -2.12. The van der Waals surface area contributed by atoms with Crippen LogP contribution in [-0.2, 0) is 6.54 Å². The minimum absolute atomic E-state index is 0.283. The molecule has 0 bridgehead atoms. The number of aliphatic imine (C=N–C) groups is 1. The number of nitrogens with two attached hydrogens (primary N) is 2. The molecule has 5 N–H and O–H groups in total. The molecule has 0 aliphatic rings. The van der Waals surface area contributed by atoms with E-state index in [9.17, 15) is 4.79 Å². The van der Waals surface area contributed by atoms with Crippen molar-refractivity contribution in [2.45, 2.75) is 27.3 Å². The molecule has 1 aromatic heterocycles. The van der Waals surface area contributed by atoms with Gasteiger partial charge in [-0.05, 0) is 39.0 Å². The molecule has 7 nitrogen and oxygen atoms in total. The molecule has 0 saturated carbocycles. The molecule has 0 atom stereocenters. The number of guanidine groups is 1. The number of aryl methyl sites for hydroxylation is 3. The van der Waals surface area contributed by atoms with Crippen LogP contribution in [-0.4, -0.2) is 21.8 Å². The molecular formula is C16H19ClN6O. The summed E-state index contributed by atoms with van der Waals surface area (Å²) in [4.78, 5) is 24.7. The third kappa shape index (κ3) is 4.20. The van der Waals surface area contributed by atoms with Crippen LogP contribution < -0.4 is 16.8 Å². The van der Waals surface area contributed by atoms with Crippen molar-refractivity contribution in [2.75, 3.05) is 5.32 Å². The number of aromatic nitrogens is 2. The first-order valence-electron chi connectivity index (χ1n) is 7.26. The Morgan fingerprint density at radius 2 is 1.83 bits per heavy atom. The average molecular weight is 347 g/mol. The molecule has 1 amide bonds. The average Bonchev–Trinajstić information content (AvgIpc) is 2.49. The highest BCUT2D eigenvalue weighted by Gasteiger charge is 2.13. The van der Waals surface area contributed by atoms with E-state index in [0.29, 0.717) is 17.3 Å². The maximum atomic E-state index is 12.1. The quantitative estimate of drug-likeness (QED) is 0.576. The molecule has 1 heterocycles. The summed E-state index contributed by atoms with van der Waals surface area (Å²) in [6.07, 6.45) is 0. The van der Waals surface area contributed by atoms with E-state index in [1.807, 2.05) is 20.8 Å². The Morgan fingerprint density at radius 3 is 2.50 bits per heavy atom. The molecule has 1 aromatic carbocycles. The Hall–Kier alpha value is -2.67. The number of rotatable bonds is 4. The summed E-state index contributed by atoms with van der Waals surface area (Å²) < 4.78 is 0. The number of anilines is 1. The summed E-state index contributed by atoms with van der Waals surface area (Å²) in [7, 11) is 0. The van der Waals surface area contributed by atoms with Gasteiger partial charge in [0.1, 0.15) is 0 Å². The highest BCUT2D eigenvalue weighted by Crippen LogP contribution is 2.22. The zero-order chi connectivity index (χ0) is 17.9. The largest absolute Gasteiger partial charge is 0.379 e. The van der Waals surface area contributed by atoms with Crippen LogP contribution >= 0.6 is 11.6 Å². The van der Waals surface area contributed by atoms with Gasteiger partial charge in [0.05, 0.1) is 34.9 Å². The Morgan fingerprint density at radius 1 is 1.17 bits per heavy atom. The number of nitrogens with zero attached hydrogens (tertiary/aromatic N) is 3. The van der Waals surface area contributed by atoms with E-state index in [2.05, 4.69) is 20.3 Å². The van der Waals surface area contributed by atoms with Gasteiger partial charge in [0, 0.05) is 10.7 Å². The van der Waals surface area contributed by atoms with Crippen molar-refractivity contribution in [3.8, 4) is 0 Å². The van der Waals surface area contributed by atoms with E-state index in [-0.39, 0.29) is 11.5 Å². The zero-order valence-electron chi connectivity index (χ0n) is 13.7. The first-order chi connectivity index (χ1) is 11.3. The second-order valence-electron chi connectivity index (χ2n) is 5.31. The Balaban J connectivity index is 2.29. The van der Waals surface area contributed by atoms with E-state index < -0.39 is 5.91 Å². The van der Waals surface area contributed by atoms with Gasteiger partial charge < -0.3 is 16.8 Å². The van der Waals surface area contributed by atoms with Crippen LogP contribution in [0.4, 0.5) is 5.69 Å². The maximum absolute atomic E-state index is 12.1. The van der Waals surface area contributed by atoms with Crippen LogP contribution in [0.5, 0.6) is 0 Å². The smallest absolute Gasteiger partial charge is 0.282 e. The van der Waals surface area contributed by atoms with E-state index in [0.717, 1.165) is 22.8 Å². The summed E-state index contributed by atoms with van der Waals surface area (Å²) in [6.45, 7) is 6.12. The van der Waals surface area contributed by atoms with Crippen molar-refractivity contribution in [1.29, 1.82) is 0 Å². The Kier molecular flexibility index (Phi) is 5.35. The van der Waals surface area contributed by atoms with Crippen molar-refractivity contribution in [3.63, 3.8) is 0 Å². The lowest BCUT2D eigenvalue weighted by Crippen LogP contribution is -2.24. The number of hydrogen-bond acceptors (Lipinski definition) is 4. The molecule has 0 spiro atoms. The number of halogens is 1. The zero-order valence-corrected chi connectivity index (χ0v) is 14.5. The third-order valence-corrected chi connectivity index (χ3v) is 3.70. The number of carbonyl (C=O) groups excluding carboxylic acids is 1. The fourth-order valence-corrected chi connectivity index (χ4v) is 2.30. The molecule has 0 aliphatic carbocycles. The van der Waals surface area contributed by atoms with Crippen LogP contribution in [0.25, 0.3) is 0 Å². The van der Waals surface area contributed by atoms with Crippen LogP contribution in [0.3, 0.4) is 0 Å². The van der Waals surface area contributed by atoms with Gasteiger partial charge in [0.2, 0.25) is 0 Å². The lowest BCUT2D eigenvalue weighted by molar-refractivity contribution is 0.100. The van der Waals surface area contributed by atoms with Gasteiger partial charge in [-0.15, -0.1) is 0 Å². The third-order valence-electron chi connectivity index (χ3n) is 3.47. The normalized spacial score (nSPS) is 10.3. The van der Waals surface area contributed by atoms with E-state index in [4.69, 9.17) is 23.1 Å². The van der Waals surface area contributed by atoms with Crippen molar-refractivity contribution in [2.24, 2.45) is 16.5 Å². The minimum Gasteiger partial charge on any atom is -0.379 e. The van der Waals surface area contributed by atoms with Crippen molar-refractivity contribution in [3.05, 3.63) is 51.6 Å². The molecule has 0 saturated heterocycles. The second kappa shape index (κ2) is 7.27. The molecule has 0 fully saturated rings. The number of hydrogen-bond donors (Lipinski definition) is 3. The predicted octanol–water partition coefficient (Wildman–Crippen LogP) is 2.08. The summed E-state index contributed by atoms with van der Waals surface area (Å²) >= 11 is 5.96. The Labute approximate surface area is 145 Å². The summed E-state index contributed by atoms with van der Waals surface area (Å²) in [6, 6.07) is 4.88. The molecule has 0 radical (unpaired) electrons. The van der Waals surface area contributed by atoms with Crippen molar-refractivity contribution < 1.29 is 4.79 Å². The molecule has 0 unspecified atom stereocenters. The van der Waals surface area contributed by atoms with Crippen LogP contribution in [0.2, 0.25) is 5.02 Å². The van der Waals surface area contributed by atoms with Gasteiger partial charge in [-0.25, -0.2) is 0 Å². The van der Waals surface area contributed by atoms with E-state index in [1.54, 1.807) is 12.1 Å². The van der Waals surface area contributed by atoms with Gasteiger partial charge in [0.25, 0.3) is 5.91 Å². The summed E-state index contributed by atoms with van der Waals surface area (Å²) in [5.41, 5.74) is 14.8. The van der Waals surface area contributed by atoms with Gasteiger partial charge in [-0.2, -0.15) is 4.99 Å². The summed E-state index contributed by atoms with van der Waals surface area (Å²) in [5, 5.41) is 3.58. The maximum Gasteiger partial charge on any atom is 0.282 e. The minimum atomic E-state index is -0.567. The lowest BCUT2D eigenvalue weighted by atomic mass is 10.1. The SMILES string of the molecule is Cc1nc(C)c(CNc2ccc(Cl)cc2C(=O)N=C(N)N)nc1C. The molecular weight excluding hydrogens is 328 g/mol. The molecule has 2 aromatic rings. The predicted molar refractivity (Wildman–Crippen MR) is 95.2 cm³/mol. The summed E-state index contributed by atoms with van der Waals surface area (Å²) in [5.74, 6) is -0.871. The monoisotopic (exact) mass is 346 g/mol. The fraction of sp³-hybridized carbons (Fsp3) is 0.250. The first kappa shape index (κ1) is 17.7. The molecule has 126 valence electrons. The van der Waals surface area contributed by atoms with Gasteiger partial charge in [-0.3, -0.25) is 14.8 Å². The van der Waals surface area contributed by atoms with Crippen LogP contribution in [0, 0.1) is 20.8 Å². The number of amides is 1. The molecule has 2 rings (SSSR count). The molecule has 0 aliphatic heterocycles. The fourth-order valence-electron chi connectivity index (χ4n) is 2.13. The topological polar surface area (TPSA) is 119 Å². The van der Waals surface area contributed by atoms with Crippen molar-refractivity contribution in [1.82, 2.24) is 9.97 Å². The highest BCUT2D eigenvalue weighted by molar-refractivity contribution is 6.31. The van der Waals surface area contributed by atoms with E-state index in [1.165, 1.54) is 6.07 Å². The first-order valence-corrected chi connectivity index (χ1v) is 7.64. The second-order valence-corrected chi connectivity index (χ2v) is 5.75. The van der Waals surface area contributed by atoms with Crippen LogP contribution in [0.1, 0.15) is 33.1 Å². The molecule has 24 heavy (non-hydrogen) atoms. The van der Waals surface area contributed by atoms with Gasteiger partial charge in [0.15, 0.2) is 5.96 Å². The van der Waals surface area contributed by atoms with Crippen molar-refractivity contribution >= 4 is 29.2 Å². The Bertz CT molecular complexity index is 814.